The van der Waals surface area contributed by atoms with Gasteiger partial charge in [0, 0.05) is 18.7 Å². The number of amides is 1. The van der Waals surface area contributed by atoms with Gasteiger partial charge < -0.3 is 21.0 Å². The molecule has 6 heteroatoms. The summed E-state index contributed by atoms with van der Waals surface area (Å²) in [5.74, 6) is -0.136. The van der Waals surface area contributed by atoms with Gasteiger partial charge in [0.2, 0.25) is 5.91 Å². The number of hydrogen-bond acceptors (Lipinski definition) is 4. The van der Waals surface area contributed by atoms with Crippen LogP contribution in [-0.4, -0.2) is 30.2 Å². The Balaban J connectivity index is 2.55. The molecule has 0 atom stereocenters. The van der Waals surface area contributed by atoms with Gasteiger partial charge in [-0.2, -0.15) is 0 Å². The quantitative estimate of drug-likeness (QED) is 0.296. The molecular formula is C12H17N3O3. The van der Waals surface area contributed by atoms with Gasteiger partial charge >= 0.3 is 0 Å². The summed E-state index contributed by atoms with van der Waals surface area (Å²) in [5, 5.41) is 14.2. The van der Waals surface area contributed by atoms with Crippen LogP contribution in [0.2, 0.25) is 0 Å². The second-order valence-electron chi connectivity index (χ2n) is 3.60. The van der Waals surface area contributed by atoms with Gasteiger partial charge in [0.05, 0.1) is 0 Å². The second-order valence-corrected chi connectivity index (χ2v) is 3.60. The number of carbonyl (C=O) groups excluding carboxylic acids is 1. The predicted octanol–water partition coefficient (Wildman–Crippen LogP) is 0.434. The molecule has 0 aliphatic carbocycles. The van der Waals surface area contributed by atoms with E-state index in [1.807, 2.05) is 13.0 Å². The van der Waals surface area contributed by atoms with Crippen LogP contribution >= 0.6 is 0 Å². The first-order valence-corrected chi connectivity index (χ1v) is 5.58. The Morgan fingerprint density at radius 3 is 3.00 bits per heavy atom. The van der Waals surface area contributed by atoms with Crippen LogP contribution in [0, 0.1) is 0 Å². The predicted molar refractivity (Wildman–Crippen MR) is 67.3 cm³/mol. The standard InChI is InChI=1S/C12H17N3O3/c1-2-18-8-11(16)14-7-9-4-3-5-10(6-9)12(13)15-17/h3-6,17H,2,7-8H2,1H3,(H2,13,15)(H,14,16). The first-order chi connectivity index (χ1) is 8.67. The summed E-state index contributed by atoms with van der Waals surface area (Å²) >= 11 is 0. The molecule has 1 aromatic rings. The Morgan fingerprint density at radius 2 is 2.33 bits per heavy atom. The number of hydrogen-bond donors (Lipinski definition) is 3. The maximum Gasteiger partial charge on any atom is 0.246 e. The third-order valence-electron chi connectivity index (χ3n) is 2.26. The van der Waals surface area contributed by atoms with Crippen LogP contribution in [0.4, 0.5) is 0 Å². The van der Waals surface area contributed by atoms with E-state index in [1.165, 1.54) is 0 Å². The van der Waals surface area contributed by atoms with Crippen LogP contribution in [0.1, 0.15) is 18.1 Å². The van der Waals surface area contributed by atoms with E-state index in [-0.39, 0.29) is 18.3 Å². The van der Waals surface area contributed by atoms with Crippen LogP contribution in [0.15, 0.2) is 29.4 Å². The van der Waals surface area contributed by atoms with Crippen molar-refractivity contribution < 1.29 is 14.7 Å². The van der Waals surface area contributed by atoms with Crippen LogP contribution in [0.25, 0.3) is 0 Å². The summed E-state index contributed by atoms with van der Waals surface area (Å²) < 4.78 is 4.98. The lowest BCUT2D eigenvalue weighted by Crippen LogP contribution is -2.27. The van der Waals surface area contributed by atoms with E-state index in [2.05, 4.69) is 10.5 Å². The van der Waals surface area contributed by atoms with Crippen LogP contribution in [0.5, 0.6) is 0 Å². The lowest BCUT2D eigenvalue weighted by molar-refractivity contribution is -0.125. The van der Waals surface area contributed by atoms with Gasteiger partial charge in [0.1, 0.15) is 6.61 Å². The Kier molecular flexibility index (Phi) is 5.66. The molecule has 0 fully saturated rings. The number of carbonyl (C=O) groups is 1. The fourth-order valence-electron chi connectivity index (χ4n) is 1.34. The second kappa shape index (κ2) is 7.29. The molecule has 0 radical (unpaired) electrons. The van der Waals surface area contributed by atoms with E-state index in [0.29, 0.717) is 18.7 Å². The van der Waals surface area contributed by atoms with Crippen molar-refractivity contribution in [1.82, 2.24) is 5.32 Å². The molecule has 18 heavy (non-hydrogen) atoms. The Bertz CT molecular complexity index is 432. The van der Waals surface area contributed by atoms with Gasteiger partial charge in [-0.3, -0.25) is 4.79 Å². The number of nitrogens with two attached hydrogens (primary N) is 1. The highest BCUT2D eigenvalue weighted by Crippen LogP contribution is 2.04. The van der Waals surface area contributed by atoms with E-state index in [0.717, 1.165) is 5.56 Å². The molecule has 0 heterocycles. The molecule has 0 aliphatic heterocycles. The summed E-state index contributed by atoms with van der Waals surface area (Å²) in [6.45, 7) is 2.76. The zero-order chi connectivity index (χ0) is 13.4. The number of nitrogens with one attached hydrogen (secondary N) is 1. The number of oxime groups is 1. The molecule has 1 amide bonds. The summed E-state index contributed by atoms with van der Waals surface area (Å²) in [5.41, 5.74) is 6.95. The van der Waals surface area contributed by atoms with Crippen LogP contribution in [-0.2, 0) is 16.1 Å². The topological polar surface area (TPSA) is 96.9 Å². The third-order valence-corrected chi connectivity index (χ3v) is 2.26. The van der Waals surface area contributed by atoms with E-state index < -0.39 is 0 Å². The summed E-state index contributed by atoms with van der Waals surface area (Å²) in [7, 11) is 0. The highest BCUT2D eigenvalue weighted by molar-refractivity contribution is 5.97. The molecule has 0 saturated carbocycles. The first-order valence-electron chi connectivity index (χ1n) is 5.58. The van der Waals surface area contributed by atoms with Crippen molar-refractivity contribution in [1.29, 1.82) is 0 Å². The minimum atomic E-state index is -0.175. The van der Waals surface area contributed by atoms with Crippen molar-refractivity contribution in [3.05, 3.63) is 35.4 Å². The van der Waals surface area contributed by atoms with Gasteiger partial charge in [-0.25, -0.2) is 0 Å². The van der Waals surface area contributed by atoms with E-state index in [1.54, 1.807) is 18.2 Å². The molecule has 0 aromatic heterocycles. The lowest BCUT2D eigenvalue weighted by Gasteiger charge is -2.06. The van der Waals surface area contributed by atoms with Crippen molar-refractivity contribution >= 4 is 11.7 Å². The van der Waals surface area contributed by atoms with Gasteiger partial charge in [0.15, 0.2) is 5.84 Å². The fraction of sp³-hybridized carbons (Fsp3) is 0.333. The molecule has 0 spiro atoms. The van der Waals surface area contributed by atoms with Crippen molar-refractivity contribution in [3.8, 4) is 0 Å². The maximum atomic E-state index is 11.3. The molecule has 0 unspecified atom stereocenters. The van der Waals surface area contributed by atoms with Crippen molar-refractivity contribution in [3.63, 3.8) is 0 Å². The average Bonchev–Trinajstić information content (AvgIpc) is 2.42. The zero-order valence-corrected chi connectivity index (χ0v) is 10.2. The first kappa shape index (κ1) is 14.0. The van der Waals surface area contributed by atoms with Gasteiger partial charge in [0.25, 0.3) is 0 Å². The lowest BCUT2D eigenvalue weighted by atomic mass is 10.1. The SMILES string of the molecule is CCOCC(=O)NCc1cccc(C(N)=NO)c1. The number of amidine groups is 1. The number of benzene rings is 1. The van der Waals surface area contributed by atoms with Crippen LogP contribution in [0.3, 0.4) is 0 Å². The molecule has 1 rings (SSSR count). The van der Waals surface area contributed by atoms with Crippen molar-refractivity contribution in [2.24, 2.45) is 10.9 Å². The maximum absolute atomic E-state index is 11.3. The normalized spacial score (nSPS) is 11.3. The molecule has 0 bridgehead atoms. The molecule has 4 N–H and O–H groups in total. The molecule has 1 aromatic carbocycles. The number of nitrogens with zero attached hydrogens (tertiary/aromatic N) is 1. The molecule has 6 nitrogen and oxygen atoms in total. The van der Waals surface area contributed by atoms with Gasteiger partial charge in [-0.1, -0.05) is 23.4 Å². The Labute approximate surface area is 105 Å². The summed E-state index contributed by atoms with van der Waals surface area (Å²) in [6.07, 6.45) is 0. The summed E-state index contributed by atoms with van der Waals surface area (Å²) in [6, 6.07) is 7.09. The fourth-order valence-corrected chi connectivity index (χ4v) is 1.34. The number of ether oxygens (including phenoxy) is 1. The molecule has 98 valence electrons. The number of rotatable bonds is 6. The van der Waals surface area contributed by atoms with Gasteiger partial charge in [-0.05, 0) is 18.6 Å². The minimum absolute atomic E-state index is 0.0393. The van der Waals surface area contributed by atoms with Crippen LogP contribution < -0.4 is 11.1 Å². The minimum Gasteiger partial charge on any atom is -0.409 e. The highest BCUT2D eigenvalue weighted by atomic mass is 16.5. The Morgan fingerprint density at radius 1 is 1.56 bits per heavy atom. The monoisotopic (exact) mass is 251 g/mol. The zero-order valence-electron chi connectivity index (χ0n) is 10.2. The van der Waals surface area contributed by atoms with Crippen molar-refractivity contribution in [2.75, 3.05) is 13.2 Å². The van der Waals surface area contributed by atoms with E-state index in [4.69, 9.17) is 15.7 Å². The molecular weight excluding hydrogens is 234 g/mol. The third kappa shape index (κ3) is 4.42. The van der Waals surface area contributed by atoms with E-state index in [9.17, 15) is 4.79 Å². The smallest absolute Gasteiger partial charge is 0.246 e. The largest absolute Gasteiger partial charge is 0.409 e. The molecule has 0 aliphatic rings. The average molecular weight is 251 g/mol. The molecule has 0 saturated heterocycles. The van der Waals surface area contributed by atoms with E-state index >= 15 is 0 Å². The summed E-state index contributed by atoms with van der Waals surface area (Å²) in [4.78, 5) is 11.3. The Hall–Kier alpha value is -2.08. The van der Waals surface area contributed by atoms with Crippen molar-refractivity contribution in [2.45, 2.75) is 13.5 Å². The van der Waals surface area contributed by atoms with Gasteiger partial charge in [-0.15, -0.1) is 0 Å². The highest BCUT2D eigenvalue weighted by Gasteiger charge is 2.03.